The number of hydrogen-bond acceptors (Lipinski definition) is 4. The molecule has 3 nitrogen and oxygen atoms in total. The molecule has 4 heteroatoms. The Kier molecular flexibility index (Phi) is 3.22. The van der Waals surface area contributed by atoms with Crippen LogP contribution in [0.15, 0.2) is 18.2 Å². The number of nitriles is 1. The van der Waals surface area contributed by atoms with E-state index in [1.165, 1.54) is 23.4 Å². The molecule has 1 heterocycles. The van der Waals surface area contributed by atoms with Gasteiger partial charge in [0.05, 0.1) is 16.9 Å². The van der Waals surface area contributed by atoms with Crippen LogP contribution in [0.4, 0.5) is 10.8 Å². The van der Waals surface area contributed by atoms with Gasteiger partial charge in [-0.05, 0) is 50.3 Å². The lowest BCUT2D eigenvalue weighted by Crippen LogP contribution is -1.99. The molecule has 0 saturated carbocycles. The van der Waals surface area contributed by atoms with Gasteiger partial charge in [0.25, 0.3) is 0 Å². The van der Waals surface area contributed by atoms with E-state index in [4.69, 9.17) is 0 Å². The van der Waals surface area contributed by atoms with Crippen molar-refractivity contribution < 1.29 is 0 Å². The fraction of sp³-hybridized carbons (Fsp3) is 0.333. The predicted octanol–water partition coefficient (Wildman–Crippen LogP) is 3.95. The largest absolute Gasteiger partial charge is 0.330 e. The SMILES string of the molecule is Cc1ccc(Nc2nc3c(s2)CCCC3)c(C#N)c1. The first-order valence-corrected chi connectivity index (χ1v) is 7.34. The number of nitrogens with one attached hydrogen (secondary N) is 1. The molecule has 0 amide bonds. The minimum atomic E-state index is 0.674. The highest BCUT2D eigenvalue weighted by Gasteiger charge is 2.15. The van der Waals surface area contributed by atoms with Gasteiger partial charge in [0, 0.05) is 4.88 Å². The topological polar surface area (TPSA) is 48.7 Å². The van der Waals surface area contributed by atoms with Gasteiger partial charge in [-0.25, -0.2) is 4.98 Å². The van der Waals surface area contributed by atoms with Gasteiger partial charge in [0.15, 0.2) is 5.13 Å². The molecule has 19 heavy (non-hydrogen) atoms. The second-order valence-electron chi connectivity index (χ2n) is 4.88. The fourth-order valence-corrected chi connectivity index (χ4v) is 3.44. The maximum atomic E-state index is 9.18. The molecule has 0 spiro atoms. The van der Waals surface area contributed by atoms with Crippen LogP contribution in [-0.4, -0.2) is 4.98 Å². The van der Waals surface area contributed by atoms with Crippen molar-refractivity contribution in [3.05, 3.63) is 39.9 Å². The second-order valence-corrected chi connectivity index (χ2v) is 5.97. The third-order valence-electron chi connectivity index (χ3n) is 3.38. The molecule has 1 aliphatic carbocycles. The van der Waals surface area contributed by atoms with Gasteiger partial charge in [-0.1, -0.05) is 6.07 Å². The summed E-state index contributed by atoms with van der Waals surface area (Å²) in [6.07, 6.45) is 4.74. The van der Waals surface area contributed by atoms with Gasteiger partial charge < -0.3 is 5.32 Å². The quantitative estimate of drug-likeness (QED) is 0.898. The summed E-state index contributed by atoms with van der Waals surface area (Å²) >= 11 is 1.72. The molecule has 3 rings (SSSR count). The first kappa shape index (κ1) is 12.2. The van der Waals surface area contributed by atoms with Gasteiger partial charge in [-0.3, -0.25) is 0 Å². The van der Waals surface area contributed by atoms with Gasteiger partial charge in [-0.15, -0.1) is 11.3 Å². The smallest absolute Gasteiger partial charge is 0.187 e. The van der Waals surface area contributed by atoms with Crippen molar-refractivity contribution in [2.75, 3.05) is 5.32 Å². The Labute approximate surface area is 116 Å². The molecule has 0 aliphatic heterocycles. The Hall–Kier alpha value is -1.86. The molecule has 2 aromatic rings. The number of benzene rings is 1. The van der Waals surface area contributed by atoms with Gasteiger partial charge in [-0.2, -0.15) is 5.26 Å². The summed E-state index contributed by atoms with van der Waals surface area (Å²) in [7, 11) is 0. The summed E-state index contributed by atoms with van der Waals surface area (Å²) in [6, 6.07) is 8.09. The molecule has 96 valence electrons. The Balaban J connectivity index is 1.89. The van der Waals surface area contributed by atoms with E-state index in [0.717, 1.165) is 29.2 Å². The maximum Gasteiger partial charge on any atom is 0.187 e. The molecule has 0 unspecified atom stereocenters. The summed E-state index contributed by atoms with van der Waals surface area (Å²) in [5.41, 5.74) is 3.86. The summed E-state index contributed by atoms with van der Waals surface area (Å²) in [5, 5.41) is 13.4. The monoisotopic (exact) mass is 269 g/mol. The standard InChI is InChI=1S/C15H15N3S/c1-10-6-7-12(11(8-10)9-16)17-15-18-13-4-2-3-5-14(13)19-15/h6-8H,2-5H2,1H3,(H,17,18). The Morgan fingerprint density at radius 2 is 2.16 bits per heavy atom. The van der Waals surface area contributed by atoms with Crippen molar-refractivity contribution >= 4 is 22.2 Å². The number of anilines is 2. The molecule has 0 radical (unpaired) electrons. The third kappa shape index (κ3) is 2.47. The number of hydrogen-bond donors (Lipinski definition) is 1. The zero-order chi connectivity index (χ0) is 13.2. The predicted molar refractivity (Wildman–Crippen MR) is 77.9 cm³/mol. The molecule has 0 saturated heterocycles. The van der Waals surface area contributed by atoms with Crippen LogP contribution in [0.3, 0.4) is 0 Å². The maximum absolute atomic E-state index is 9.18. The summed E-state index contributed by atoms with van der Waals surface area (Å²) in [5.74, 6) is 0. The average Bonchev–Trinajstić information content (AvgIpc) is 2.83. The number of nitrogens with zero attached hydrogens (tertiary/aromatic N) is 2. The summed E-state index contributed by atoms with van der Waals surface area (Å²) in [6.45, 7) is 1.99. The highest BCUT2D eigenvalue weighted by atomic mass is 32.1. The van der Waals surface area contributed by atoms with Gasteiger partial charge in [0.1, 0.15) is 6.07 Å². The van der Waals surface area contributed by atoms with Crippen LogP contribution in [0.25, 0.3) is 0 Å². The van der Waals surface area contributed by atoms with E-state index in [9.17, 15) is 5.26 Å². The molecule has 0 atom stereocenters. The van der Waals surface area contributed by atoms with Crippen molar-refractivity contribution in [2.24, 2.45) is 0 Å². The summed E-state index contributed by atoms with van der Waals surface area (Å²) < 4.78 is 0. The van der Waals surface area contributed by atoms with E-state index in [1.54, 1.807) is 11.3 Å². The van der Waals surface area contributed by atoms with E-state index in [-0.39, 0.29) is 0 Å². The van der Waals surface area contributed by atoms with Gasteiger partial charge >= 0.3 is 0 Å². The molecule has 1 N–H and O–H groups in total. The molecular weight excluding hydrogens is 254 g/mol. The van der Waals surface area contributed by atoms with Crippen molar-refractivity contribution in [1.29, 1.82) is 5.26 Å². The first-order chi connectivity index (χ1) is 9.26. The number of thiazole rings is 1. The minimum absolute atomic E-state index is 0.674. The van der Waals surface area contributed by atoms with E-state index in [1.807, 2.05) is 25.1 Å². The molecule has 1 aromatic heterocycles. The Bertz CT molecular complexity index is 628. The zero-order valence-electron chi connectivity index (χ0n) is 10.9. The Morgan fingerprint density at radius 3 is 2.95 bits per heavy atom. The van der Waals surface area contributed by atoms with Crippen molar-refractivity contribution in [3.8, 4) is 6.07 Å². The van der Waals surface area contributed by atoms with E-state index in [2.05, 4.69) is 16.4 Å². The normalized spacial score (nSPS) is 13.7. The van der Waals surface area contributed by atoms with Crippen molar-refractivity contribution in [1.82, 2.24) is 4.98 Å². The van der Waals surface area contributed by atoms with Crippen LogP contribution < -0.4 is 5.32 Å². The van der Waals surface area contributed by atoms with Crippen molar-refractivity contribution in [2.45, 2.75) is 32.6 Å². The Morgan fingerprint density at radius 1 is 1.32 bits per heavy atom. The minimum Gasteiger partial charge on any atom is -0.330 e. The van der Waals surface area contributed by atoms with Gasteiger partial charge in [0.2, 0.25) is 0 Å². The molecule has 0 fully saturated rings. The van der Waals surface area contributed by atoms with Crippen LogP contribution in [0.1, 0.15) is 34.5 Å². The molecule has 0 bridgehead atoms. The lowest BCUT2D eigenvalue weighted by Gasteiger charge is -2.06. The van der Waals surface area contributed by atoms with Crippen LogP contribution in [0.5, 0.6) is 0 Å². The number of aryl methyl sites for hydroxylation is 3. The van der Waals surface area contributed by atoms with E-state index < -0.39 is 0 Å². The van der Waals surface area contributed by atoms with Crippen molar-refractivity contribution in [3.63, 3.8) is 0 Å². The first-order valence-electron chi connectivity index (χ1n) is 6.52. The second kappa shape index (κ2) is 5.02. The number of fused-ring (bicyclic) bond motifs is 1. The lowest BCUT2D eigenvalue weighted by atomic mass is 10.0. The molecule has 1 aromatic carbocycles. The zero-order valence-corrected chi connectivity index (χ0v) is 11.7. The average molecular weight is 269 g/mol. The highest BCUT2D eigenvalue weighted by Crippen LogP contribution is 2.32. The van der Waals surface area contributed by atoms with Crippen LogP contribution >= 0.6 is 11.3 Å². The van der Waals surface area contributed by atoms with E-state index in [0.29, 0.717) is 5.56 Å². The van der Waals surface area contributed by atoms with E-state index >= 15 is 0 Å². The third-order valence-corrected chi connectivity index (χ3v) is 4.46. The van der Waals surface area contributed by atoms with Crippen LogP contribution in [0, 0.1) is 18.3 Å². The summed E-state index contributed by atoms with van der Waals surface area (Å²) in [4.78, 5) is 6.04. The molecular formula is C15H15N3S. The lowest BCUT2D eigenvalue weighted by molar-refractivity contribution is 0.683. The van der Waals surface area contributed by atoms with Crippen LogP contribution in [0.2, 0.25) is 0 Å². The fourth-order valence-electron chi connectivity index (χ4n) is 2.38. The molecule has 1 aliphatic rings. The number of rotatable bonds is 2. The van der Waals surface area contributed by atoms with Crippen LogP contribution in [-0.2, 0) is 12.8 Å². The highest BCUT2D eigenvalue weighted by molar-refractivity contribution is 7.15. The number of aromatic nitrogens is 1.